The van der Waals surface area contributed by atoms with Crippen molar-refractivity contribution >= 4 is 43.7 Å². The standard InChI is InChI=1S/C12H12Br2N2O2/c13-5-11(17)15-7-9-3-1-2-4-10(9)8-16(15)12(18)6-14/h1-4H,5-8H2. The summed E-state index contributed by atoms with van der Waals surface area (Å²) in [6.45, 7) is 0.888. The number of fused-ring (bicyclic) bond motifs is 1. The van der Waals surface area contributed by atoms with Gasteiger partial charge in [-0.15, -0.1) is 0 Å². The maximum absolute atomic E-state index is 11.9. The molecule has 0 unspecified atom stereocenters. The normalized spacial score (nSPS) is 14.3. The van der Waals surface area contributed by atoms with Crippen molar-refractivity contribution in [2.24, 2.45) is 0 Å². The zero-order valence-electron chi connectivity index (χ0n) is 9.60. The summed E-state index contributed by atoms with van der Waals surface area (Å²) in [5.74, 6) is -0.224. The van der Waals surface area contributed by atoms with Gasteiger partial charge in [-0.05, 0) is 11.1 Å². The third-order valence-electron chi connectivity index (χ3n) is 2.85. The first-order valence-electron chi connectivity index (χ1n) is 5.46. The minimum Gasteiger partial charge on any atom is -0.272 e. The molecule has 0 saturated heterocycles. The first kappa shape index (κ1) is 13.5. The van der Waals surface area contributed by atoms with Crippen LogP contribution in [0.25, 0.3) is 0 Å². The van der Waals surface area contributed by atoms with Gasteiger partial charge in [0.1, 0.15) is 0 Å². The zero-order valence-corrected chi connectivity index (χ0v) is 12.8. The minimum absolute atomic E-state index is 0.112. The molecule has 0 aliphatic carbocycles. The summed E-state index contributed by atoms with van der Waals surface area (Å²) in [5, 5.41) is 3.42. The fraction of sp³-hybridized carbons (Fsp3) is 0.333. The van der Waals surface area contributed by atoms with Crippen molar-refractivity contribution in [1.82, 2.24) is 10.0 Å². The number of nitrogens with zero attached hydrogens (tertiary/aromatic N) is 2. The van der Waals surface area contributed by atoms with Gasteiger partial charge in [0, 0.05) is 0 Å². The molecule has 1 aromatic carbocycles. The van der Waals surface area contributed by atoms with Crippen LogP contribution in [0.5, 0.6) is 0 Å². The van der Waals surface area contributed by atoms with E-state index < -0.39 is 0 Å². The molecule has 1 aromatic rings. The number of hydrogen-bond donors (Lipinski definition) is 0. The van der Waals surface area contributed by atoms with Gasteiger partial charge >= 0.3 is 0 Å². The Labute approximate surface area is 122 Å². The van der Waals surface area contributed by atoms with Crippen molar-refractivity contribution in [2.75, 3.05) is 10.7 Å². The minimum atomic E-state index is -0.112. The maximum atomic E-state index is 11.9. The van der Waals surface area contributed by atoms with Gasteiger partial charge < -0.3 is 0 Å². The topological polar surface area (TPSA) is 40.6 Å². The van der Waals surface area contributed by atoms with Crippen LogP contribution in [0.2, 0.25) is 0 Å². The summed E-state index contributed by atoms with van der Waals surface area (Å²) < 4.78 is 0. The third kappa shape index (κ3) is 2.59. The Morgan fingerprint density at radius 3 is 1.67 bits per heavy atom. The predicted octanol–water partition coefficient (Wildman–Crippen LogP) is 2.06. The average Bonchev–Trinajstić information content (AvgIpc) is 2.44. The first-order valence-corrected chi connectivity index (χ1v) is 7.71. The van der Waals surface area contributed by atoms with Crippen LogP contribution < -0.4 is 0 Å². The van der Waals surface area contributed by atoms with Gasteiger partial charge in [0.25, 0.3) is 11.8 Å². The number of amides is 2. The van der Waals surface area contributed by atoms with E-state index in [4.69, 9.17) is 0 Å². The smallest absolute Gasteiger partial charge is 0.252 e. The van der Waals surface area contributed by atoms with Crippen molar-refractivity contribution in [2.45, 2.75) is 13.1 Å². The quantitative estimate of drug-likeness (QED) is 0.742. The van der Waals surface area contributed by atoms with Gasteiger partial charge in [0.05, 0.1) is 23.7 Å². The van der Waals surface area contributed by atoms with E-state index in [0.717, 1.165) is 11.1 Å². The number of carbonyl (C=O) groups is 2. The Morgan fingerprint density at radius 1 is 0.944 bits per heavy atom. The van der Waals surface area contributed by atoms with Crippen LogP contribution in [0.15, 0.2) is 24.3 Å². The molecule has 0 atom stereocenters. The van der Waals surface area contributed by atoms with Crippen molar-refractivity contribution in [3.8, 4) is 0 Å². The number of hydrogen-bond acceptors (Lipinski definition) is 2. The van der Waals surface area contributed by atoms with Crippen molar-refractivity contribution in [3.63, 3.8) is 0 Å². The number of rotatable bonds is 2. The van der Waals surface area contributed by atoms with Crippen LogP contribution in [-0.2, 0) is 22.7 Å². The van der Waals surface area contributed by atoms with Crippen LogP contribution in [0, 0.1) is 0 Å². The Bertz CT molecular complexity index is 436. The predicted molar refractivity (Wildman–Crippen MR) is 75.1 cm³/mol. The molecule has 0 radical (unpaired) electrons. The molecule has 0 aromatic heterocycles. The van der Waals surface area contributed by atoms with E-state index in [0.29, 0.717) is 13.1 Å². The van der Waals surface area contributed by atoms with Crippen LogP contribution in [0.1, 0.15) is 11.1 Å². The highest BCUT2D eigenvalue weighted by Crippen LogP contribution is 2.23. The lowest BCUT2D eigenvalue weighted by Crippen LogP contribution is -2.52. The first-order chi connectivity index (χ1) is 8.67. The second-order valence-electron chi connectivity index (χ2n) is 3.94. The molecule has 1 heterocycles. The average molecular weight is 376 g/mol. The monoisotopic (exact) mass is 374 g/mol. The summed E-state index contributed by atoms with van der Waals surface area (Å²) in [7, 11) is 0. The molecule has 0 saturated carbocycles. The third-order valence-corrected chi connectivity index (χ3v) is 3.81. The fourth-order valence-electron chi connectivity index (χ4n) is 1.94. The number of alkyl halides is 2. The van der Waals surface area contributed by atoms with Gasteiger partial charge in [-0.25, -0.2) is 10.0 Å². The summed E-state index contributed by atoms with van der Waals surface area (Å²) >= 11 is 6.30. The van der Waals surface area contributed by atoms with E-state index in [1.54, 1.807) is 0 Å². The van der Waals surface area contributed by atoms with E-state index in [1.165, 1.54) is 10.0 Å². The maximum Gasteiger partial charge on any atom is 0.252 e. The highest BCUT2D eigenvalue weighted by molar-refractivity contribution is 9.09. The zero-order chi connectivity index (χ0) is 13.1. The van der Waals surface area contributed by atoms with Crippen molar-refractivity contribution < 1.29 is 9.59 Å². The van der Waals surface area contributed by atoms with E-state index in [-0.39, 0.29) is 22.5 Å². The summed E-state index contributed by atoms with van der Waals surface area (Å²) in [6.07, 6.45) is 0. The highest BCUT2D eigenvalue weighted by atomic mass is 79.9. The molecule has 96 valence electrons. The Kier molecular flexibility index (Phi) is 4.40. The molecule has 6 heteroatoms. The van der Waals surface area contributed by atoms with Crippen LogP contribution in [0.3, 0.4) is 0 Å². The lowest BCUT2D eigenvalue weighted by molar-refractivity contribution is -0.165. The summed E-state index contributed by atoms with van der Waals surface area (Å²) in [4.78, 5) is 23.8. The largest absolute Gasteiger partial charge is 0.272 e. The molecule has 2 amide bonds. The van der Waals surface area contributed by atoms with Crippen molar-refractivity contribution in [1.29, 1.82) is 0 Å². The van der Waals surface area contributed by atoms with E-state index >= 15 is 0 Å². The van der Waals surface area contributed by atoms with Gasteiger partial charge in [-0.2, -0.15) is 0 Å². The lowest BCUT2D eigenvalue weighted by Gasteiger charge is -2.39. The molecule has 0 bridgehead atoms. The molecule has 2 rings (SSSR count). The SMILES string of the molecule is O=C(CBr)N1Cc2ccccc2CN1C(=O)CBr. The Balaban J connectivity index is 2.33. The molecule has 0 N–H and O–H groups in total. The van der Waals surface area contributed by atoms with Crippen molar-refractivity contribution in [3.05, 3.63) is 35.4 Å². The van der Waals surface area contributed by atoms with E-state index in [9.17, 15) is 9.59 Å². The highest BCUT2D eigenvalue weighted by Gasteiger charge is 2.29. The van der Waals surface area contributed by atoms with E-state index in [1.807, 2.05) is 24.3 Å². The fourth-order valence-corrected chi connectivity index (χ4v) is 2.52. The number of carbonyl (C=O) groups excluding carboxylic acids is 2. The molecule has 1 aliphatic heterocycles. The summed E-state index contributed by atoms with van der Waals surface area (Å²) in [5.41, 5.74) is 2.18. The second kappa shape index (κ2) is 5.84. The molecule has 0 spiro atoms. The molecule has 18 heavy (non-hydrogen) atoms. The van der Waals surface area contributed by atoms with Gasteiger partial charge in [0.2, 0.25) is 0 Å². The Morgan fingerprint density at radius 2 is 1.33 bits per heavy atom. The van der Waals surface area contributed by atoms with Gasteiger partial charge in [-0.3, -0.25) is 9.59 Å². The summed E-state index contributed by atoms with van der Waals surface area (Å²) in [6, 6.07) is 7.86. The van der Waals surface area contributed by atoms with Crippen LogP contribution in [0.4, 0.5) is 0 Å². The van der Waals surface area contributed by atoms with E-state index in [2.05, 4.69) is 31.9 Å². The van der Waals surface area contributed by atoms with Gasteiger partial charge in [-0.1, -0.05) is 56.1 Å². The number of halogens is 2. The molecular weight excluding hydrogens is 364 g/mol. The second-order valence-corrected chi connectivity index (χ2v) is 5.06. The Hall–Kier alpha value is -0.880. The molecule has 1 aliphatic rings. The molecule has 0 fully saturated rings. The van der Waals surface area contributed by atoms with Gasteiger partial charge in [0.15, 0.2) is 0 Å². The number of benzene rings is 1. The van der Waals surface area contributed by atoms with Crippen LogP contribution >= 0.6 is 31.9 Å². The molecular formula is C12H12Br2N2O2. The number of hydrazine groups is 1. The lowest BCUT2D eigenvalue weighted by atomic mass is 10.1. The molecule has 4 nitrogen and oxygen atoms in total. The van der Waals surface area contributed by atoms with Crippen LogP contribution in [-0.4, -0.2) is 32.5 Å².